The molecular weight excluding hydrogens is 354 g/mol. The average molecular weight is 375 g/mol. The van der Waals surface area contributed by atoms with E-state index in [1.54, 1.807) is 42.9 Å². The number of aliphatic hydroxyl groups is 1. The quantitative estimate of drug-likeness (QED) is 0.688. The van der Waals surface area contributed by atoms with Crippen LogP contribution in [-0.2, 0) is 12.1 Å². The first-order valence-corrected chi connectivity index (χ1v) is 9.27. The van der Waals surface area contributed by atoms with Gasteiger partial charge in [-0.3, -0.25) is 9.78 Å². The summed E-state index contributed by atoms with van der Waals surface area (Å²) in [5, 5.41) is 13.3. The zero-order valence-electron chi connectivity index (χ0n) is 15.3. The van der Waals surface area contributed by atoms with Gasteiger partial charge in [0.15, 0.2) is 0 Å². The second-order valence-electron chi connectivity index (χ2n) is 6.91. The van der Waals surface area contributed by atoms with Gasteiger partial charge in [0.25, 0.3) is 5.91 Å². The second-order valence-corrected chi connectivity index (χ2v) is 6.91. The number of aromatic nitrogens is 2. The zero-order valence-corrected chi connectivity index (χ0v) is 15.3. The summed E-state index contributed by atoms with van der Waals surface area (Å²) in [5.41, 5.74) is 1.58. The Bertz CT molecular complexity index is 954. The van der Waals surface area contributed by atoms with Crippen LogP contribution in [0.5, 0.6) is 11.6 Å². The minimum absolute atomic E-state index is 0.232. The Labute approximate surface area is 163 Å². The van der Waals surface area contributed by atoms with Gasteiger partial charge >= 0.3 is 0 Å². The number of carbonyl (C=O) groups excluding carboxylic acids is 1. The van der Waals surface area contributed by atoms with Crippen LogP contribution in [0.1, 0.15) is 40.7 Å². The van der Waals surface area contributed by atoms with E-state index in [0.717, 1.165) is 30.4 Å². The number of hydrogen-bond acceptors (Lipinski definition) is 5. The summed E-state index contributed by atoms with van der Waals surface area (Å²) < 4.78 is 5.69. The lowest BCUT2D eigenvalue weighted by atomic mass is 9.75. The Morgan fingerprint density at radius 1 is 1.11 bits per heavy atom. The Hall–Kier alpha value is -3.25. The summed E-state index contributed by atoms with van der Waals surface area (Å²) in [5.74, 6) is 0.476. The lowest BCUT2D eigenvalue weighted by Crippen LogP contribution is -2.33. The lowest BCUT2D eigenvalue weighted by molar-refractivity contribution is -0.0388. The number of carbonyl (C=O) groups is 1. The fraction of sp³-hybridized carbons (Fsp3) is 0.227. The molecule has 1 fully saturated rings. The van der Waals surface area contributed by atoms with E-state index in [1.165, 1.54) is 0 Å². The SMILES string of the molecule is O=C(NCc1ccc(C2(O)CCC2)cc1)c1cccnc1Oc1cccnc1. The van der Waals surface area contributed by atoms with Crippen molar-refractivity contribution in [3.8, 4) is 11.6 Å². The van der Waals surface area contributed by atoms with Crippen molar-refractivity contribution in [3.63, 3.8) is 0 Å². The number of amides is 1. The number of hydrogen-bond donors (Lipinski definition) is 2. The van der Waals surface area contributed by atoms with Crippen LogP contribution in [0.15, 0.2) is 67.1 Å². The van der Waals surface area contributed by atoms with Crippen molar-refractivity contribution < 1.29 is 14.6 Å². The minimum atomic E-state index is -0.671. The lowest BCUT2D eigenvalue weighted by Gasteiger charge is -2.37. The molecular formula is C22H21N3O3. The first-order chi connectivity index (χ1) is 13.6. The van der Waals surface area contributed by atoms with Gasteiger partial charge in [-0.2, -0.15) is 0 Å². The van der Waals surface area contributed by atoms with Gasteiger partial charge in [0.05, 0.1) is 11.8 Å². The second kappa shape index (κ2) is 7.78. The Balaban J connectivity index is 1.41. The number of rotatable bonds is 6. The molecule has 0 bridgehead atoms. The van der Waals surface area contributed by atoms with Crippen molar-refractivity contribution in [1.29, 1.82) is 0 Å². The van der Waals surface area contributed by atoms with Crippen LogP contribution >= 0.6 is 0 Å². The molecule has 28 heavy (non-hydrogen) atoms. The minimum Gasteiger partial charge on any atom is -0.437 e. The Morgan fingerprint density at radius 2 is 1.89 bits per heavy atom. The molecule has 1 saturated carbocycles. The molecule has 6 nitrogen and oxygen atoms in total. The maximum Gasteiger partial charge on any atom is 0.257 e. The maximum absolute atomic E-state index is 12.6. The van der Waals surface area contributed by atoms with Crippen LogP contribution in [0.2, 0.25) is 0 Å². The summed E-state index contributed by atoms with van der Waals surface area (Å²) in [6, 6.07) is 14.6. The van der Waals surface area contributed by atoms with Gasteiger partial charge in [-0.05, 0) is 54.7 Å². The number of pyridine rings is 2. The van der Waals surface area contributed by atoms with Gasteiger partial charge in [0.1, 0.15) is 11.3 Å². The van der Waals surface area contributed by atoms with Crippen LogP contribution in [0.25, 0.3) is 0 Å². The molecule has 1 aliphatic rings. The molecule has 142 valence electrons. The van der Waals surface area contributed by atoms with Gasteiger partial charge in [0.2, 0.25) is 5.88 Å². The van der Waals surface area contributed by atoms with Gasteiger partial charge in [-0.1, -0.05) is 24.3 Å². The molecule has 2 aromatic heterocycles. The fourth-order valence-electron chi connectivity index (χ4n) is 3.17. The molecule has 3 aromatic rings. The first kappa shape index (κ1) is 18.1. The highest BCUT2D eigenvalue weighted by atomic mass is 16.5. The van der Waals surface area contributed by atoms with Crippen molar-refractivity contribution in [2.24, 2.45) is 0 Å². The van der Waals surface area contributed by atoms with Crippen molar-refractivity contribution in [2.45, 2.75) is 31.4 Å². The Kier molecular flexibility index (Phi) is 5.04. The third kappa shape index (κ3) is 3.87. The van der Waals surface area contributed by atoms with Gasteiger partial charge in [-0.25, -0.2) is 4.98 Å². The molecule has 1 amide bonds. The van der Waals surface area contributed by atoms with Gasteiger partial charge < -0.3 is 15.2 Å². The summed E-state index contributed by atoms with van der Waals surface area (Å²) in [4.78, 5) is 20.8. The largest absolute Gasteiger partial charge is 0.437 e. The van der Waals surface area contributed by atoms with Gasteiger partial charge in [0, 0.05) is 18.9 Å². The topological polar surface area (TPSA) is 84.3 Å². The third-order valence-corrected chi connectivity index (χ3v) is 4.99. The summed E-state index contributed by atoms with van der Waals surface area (Å²) in [7, 11) is 0. The number of nitrogens with one attached hydrogen (secondary N) is 1. The fourth-order valence-corrected chi connectivity index (χ4v) is 3.17. The van der Waals surface area contributed by atoms with Crippen LogP contribution in [0, 0.1) is 0 Å². The highest BCUT2D eigenvalue weighted by Crippen LogP contribution is 2.40. The van der Waals surface area contributed by atoms with Crippen molar-refractivity contribution in [1.82, 2.24) is 15.3 Å². The molecule has 0 radical (unpaired) electrons. The number of benzene rings is 1. The van der Waals surface area contributed by atoms with Crippen molar-refractivity contribution in [2.75, 3.05) is 0 Å². The van der Waals surface area contributed by atoms with E-state index in [-0.39, 0.29) is 11.8 Å². The molecule has 1 aromatic carbocycles. The summed E-state index contributed by atoms with van der Waals surface area (Å²) in [6.07, 6.45) is 7.46. The van der Waals surface area contributed by atoms with E-state index in [9.17, 15) is 9.90 Å². The zero-order chi connectivity index (χ0) is 19.4. The molecule has 2 N–H and O–H groups in total. The highest BCUT2D eigenvalue weighted by molar-refractivity contribution is 5.96. The van der Waals surface area contributed by atoms with Crippen molar-refractivity contribution >= 4 is 5.91 Å². The van der Waals surface area contributed by atoms with E-state index in [1.807, 2.05) is 24.3 Å². The molecule has 0 atom stereocenters. The summed E-state index contributed by atoms with van der Waals surface area (Å²) in [6.45, 7) is 0.374. The molecule has 0 spiro atoms. The van der Waals surface area contributed by atoms with Crippen molar-refractivity contribution in [3.05, 3.63) is 83.8 Å². The smallest absolute Gasteiger partial charge is 0.257 e. The molecule has 2 heterocycles. The highest BCUT2D eigenvalue weighted by Gasteiger charge is 2.35. The van der Waals surface area contributed by atoms with E-state index >= 15 is 0 Å². The molecule has 1 aliphatic carbocycles. The standard InChI is InChI=1S/C22H21N3O3/c26-20(19-5-2-13-24-21(19)28-18-4-1-12-23-15-18)25-14-16-6-8-17(9-7-16)22(27)10-3-11-22/h1-2,4-9,12-13,15,27H,3,10-11,14H2,(H,25,26). The third-order valence-electron chi connectivity index (χ3n) is 4.99. The molecule has 0 saturated heterocycles. The van der Waals surface area contributed by atoms with Crippen LogP contribution < -0.4 is 10.1 Å². The van der Waals surface area contributed by atoms with Gasteiger partial charge in [-0.15, -0.1) is 0 Å². The van der Waals surface area contributed by atoms with Crippen LogP contribution in [-0.4, -0.2) is 21.0 Å². The van der Waals surface area contributed by atoms with E-state index in [2.05, 4.69) is 15.3 Å². The van der Waals surface area contributed by atoms with E-state index in [0.29, 0.717) is 17.9 Å². The van der Waals surface area contributed by atoms with E-state index < -0.39 is 5.60 Å². The van der Waals surface area contributed by atoms with Crippen LogP contribution in [0.3, 0.4) is 0 Å². The monoisotopic (exact) mass is 375 g/mol. The van der Waals surface area contributed by atoms with Crippen LogP contribution in [0.4, 0.5) is 0 Å². The average Bonchev–Trinajstić information content (AvgIpc) is 2.72. The Morgan fingerprint density at radius 3 is 2.57 bits per heavy atom. The number of nitrogens with zero attached hydrogens (tertiary/aromatic N) is 2. The first-order valence-electron chi connectivity index (χ1n) is 9.27. The predicted molar refractivity (Wildman–Crippen MR) is 104 cm³/mol. The number of ether oxygens (including phenoxy) is 1. The molecule has 0 aliphatic heterocycles. The summed E-state index contributed by atoms with van der Waals surface area (Å²) >= 11 is 0. The molecule has 4 rings (SSSR count). The normalized spacial score (nSPS) is 14.8. The molecule has 6 heteroatoms. The predicted octanol–water partition coefficient (Wildman–Crippen LogP) is 3.57. The maximum atomic E-state index is 12.6. The van der Waals surface area contributed by atoms with E-state index in [4.69, 9.17) is 4.74 Å². The molecule has 0 unspecified atom stereocenters.